The van der Waals surface area contributed by atoms with Crippen molar-refractivity contribution in [3.05, 3.63) is 44.0 Å². The smallest absolute Gasteiger partial charge is 0.273 e. The molecule has 1 N–H and O–H groups in total. The molecule has 0 bridgehead atoms. The second-order valence-corrected chi connectivity index (χ2v) is 4.81. The molecule has 0 fully saturated rings. The number of nitro benzene ring substituents is 1. The van der Waals surface area contributed by atoms with Crippen molar-refractivity contribution in [2.75, 3.05) is 5.32 Å². The predicted molar refractivity (Wildman–Crippen MR) is 71.9 cm³/mol. The van der Waals surface area contributed by atoms with Crippen molar-refractivity contribution in [3.63, 3.8) is 0 Å². The van der Waals surface area contributed by atoms with E-state index >= 15 is 0 Å². The zero-order valence-corrected chi connectivity index (χ0v) is 11.9. The number of benzene rings is 1. The SMILES string of the molecule is Cc1nc(CNc2cc(C)c([N+](=O)[O-])cc2Br)no1. The van der Waals surface area contributed by atoms with Crippen molar-refractivity contribution in [3.8, 4) is 0 Å². The molecule has 0 amide bonds. The molecule has 0 atom stereocenters. The number of rotatable bonds is 4. The van der Waals surface area contributed by atoms with Gasteiger partial charge in [0.15, 0.2) is 5.82 Å². The Morgan fingerprint density at radius 3 is 2.79 bits per heavy atom. The van der Waals surface area contributed by atoms with E-state index in [1.807, 2.05) is 0 Å². The van der Waals surface area contributed by atoms with Crippen LogP contribution in [-0.2, 0) is 6.54 Å². The van der Waals surface area contributed by atoms with Gasteiger partial charge < -0.3 is 9.84 Å². The van der Waals surface area contributed by atoms with E-state index in [1.165, 1.54) is 6.07 Å². The summed E-state index contributed by atoms with van der Waals surface area (Å²) in [5, 5.41) is 17.7. The van der Waals surface area contributed by atoms with Gasteiger partial charge in [-0.05, 0) is 28.9 Å². The van der Waals surface area contributed by atoms with Crippen LogP contribution in [0, 0.1) is 24.0 Å². The Morgan fingerprint density at radius 1 is 1.47 bits per heavy atom. The van der Waals surface area contributed by atoms with E-state index in [4.69, 9.17) is 4.52 Å². The van der Waals surface area contributed by atoms with E-state index in [0.717, 1.165) is 5.69 Å². The van der Waals surface area contributed by atoms with E-state index in [9.17, 15) is 10.1 Å². The number of nitro groups is 1. The van der Waals surface area contributed by atoms with Crippen molar-refractivity contribution in [2.24, 2.45) is 0 Å². The highest BCUT2D eigenvalue weighted by atomic mass is 79.9. The van der Waals surface area contributed by atoms with Crippen molar-refractivity contribution >= 4 is 27.3 Å². The normalized spacial score (nSPS) is 10.5. The van der Waals surface area contributed by atoms with Gasteiger partial charge in [-0.25, -0.2) is 0 Å². The first-order valence-corrected chi connectivity index (χ1v) is 6.24. The Hall–Kier alpha value is -1.96. The summed E-state index contributed by atoms with van der Waals surface area (Å²) in [5.41, 5.74) is 1.40. The molecule has 0 aliphatic heterocycles. The summed E-state index contributed by atoms with van der Waals surface area (Å²) in [5.74, 6) is 1.02. The lowest BCUT2D eigenvalue weighted by atomic mass is 10.2. The second-order valence-electron chi connectivity index (χ2n) is 3.96. The van der Waals surface area contributed by atoms with Crippen LogP contribution < -0.4 is 5.32 Å². The molecule has 1 aromatic carbocycles. The maximum Gasteiger partial charge on any atom is 0.273 e. The Morgan fingerprint density at radius 2 is 2.21 bits per heavy atom. The van der Waals surface area contributed by atoms with Crippen LogP contribution in [0.15, 0.2) is 21.1 Å². The van der Waals surface area contributed by atoms with Gasteiger partial charge in [0.05, 0.1) is 11.5 Å². The van der Waals surface area contributed by atoms with Crippen LogP contribution in [0.1, 0.15) is 17.3 Å². The van der Waals surface area contributed by atoms with Gasteiger partial charge >= 0.3 is 0 Å². The van der Waals surface area contributed by atoms with E-state index in [0.29, 0.717) is 28.3 Å². The van der Waals surface area contributed by atoms with E-state index < -0.39 is 4.92 Å². The van der Waals surface area contributed by atoms with Crippen molar-refractivity contribution < 1.29 is 9.45 Å². The largest absolute Gasteiger partial charge is 0.377 e. The van der Waals surface area contributed by atoms with Gasteiger partial charge in [-0.2, -0.15) is 4.98 Å². The van der Waals surface area contributed by atoms with E-state index in [1.54, 1.807) is 19.9 Å². The third kappa shape index (κ3) is 3.08. The summed E-state index contributed by atoms with van der Waals surface area (Å²) in [6, 6.07) is 3.17. The van der Waals surface area contributed by atoms with Crippen LogP contribution in [0.4, 0.5) is 11.4 Å². The second kappa shape index (κ2) is 5.35. The summed E-state index contributed by atoms with van der Waals surface area (Å²) in [7, 11) is 0. The monoisotopic (exact) mass is 326 g/mol. The molecule has 0 aliphatic rings. The minimum atomic E-state index is -0.410. The lowest BCUT2D eigenvalue weighted by molar-refractivity contribution is -0.385. The summed E-state index contributed by atoms with van der Waals surface area (Å²) in [4.78, 5) is 14.4. The van der Waals surface area contributed by atoms with Crippen molar-refractivity contribution in [1.82, 2.24) is 10.1 Å². The highest BCUT2D eigenvalue weighted by Crippen LogP contribution is 2.30. The van der Waals surface area contributed by atoms with E-state index in [-0.39, 0.29) is 5.69 Å². The summed E-state index contributed by atoms with van der Waals surface area (Å²) < 4.78 is 5.47. The molecule has 0 saturated heterocycles. The lowest BCUT2D eigenvalue weighted by Crippen LogP contribution is -2.03. The quantitative estimate of drug-likeness (QED) is 0.685. The van der Waals surface area contributed by atoms with Crippen molar-refractivity contribution in [1.29, 1.82) is 0 Å². The summed E-state index contributed by atoms with van der Waals surface area (Å²) in [6.07, 6.45) is 0. The fourth-order valence-electron chi connectivity index (χ4n) is 1.59. The molecule has 0 saturated carbocycles. The molecule has 19 heavy (non-hydrogen) atoms. The molecule has 8 heteroatoms. The van der Waals surface area contributed by atoms with Gasteiger partial charge in [0.2, 0.25) is 5.89 Å². The highest BCUT2D eigenvalue weighted by Gasteiger charge is 2.14. The number of hydrogen-bond acceptors (Lipinski definition) is 6. The number of anilines is 1. The van der Waals surface area contributed by atoms with E-state index in [2.05, 4.69) is 31.4 Å². The number of nitrogens with one attached hydrogen (secondary N) is 1. The number of halogens is 1. The van der Waals surface area contributed by atoms with Gasteiger partial charge in [-0.1, -0.05) is 5.16 Å². The molecule has 0 aliphatic carbocycles. The maximum absolute atomic E-state index is 10.8. The topological polar surface area (TPSA) is 94.1 Å². The van der Waals surface area contributed by atoms with Crippen molar-refractivity contribution in [2.45, 2.75) is 20.4 Å². The average molecular weight is 327 g/mol. The standard InChI is InChI=1S/C11H11BrN4O3/c1-6-3-9(8(12)4-10(6)16(17)18)13-5-11-14-7(2)19-15-11/h3-4,13H,5H2,1-2H3. The molecular formula is C11H11BrN4O3. The van der Waals surface area contributed by atoms with Gasteiger partial charge in [-0.3, -0.25) is 10.1 Å². The Bertz CT molecular complexity index is 626. The zero-order valence-electron chi connectivity index (χ0n) is 10.3. The number of hydrogen-bond donors (Lipinski definition) is 1. The fourth-order valence-corrected chi connectivity index (χ4v) is 2.06. The van der Waals surface area contributed by atoms with Crippen LogP contribution in [0.5, 0.6) is 0 Å². The molecule has 0 unspecified atom stereocenters. The summed E-state index contributed by atoms with van der Waals surface area (Å²) >= 11 is 3.30. The number of aromatic nitrogens is 2. The number of nitrogens with zero attached hydrogens (tertiary/aromatic N) is 3. The molecule has 1 aromatic heterocycles. The van der Waals surface area contributed by atoms with Gasteiger partial charge in [0.25, 0.3) is 5.69 Å². The lowest BCUT2D eigenvalue weighted by Gasteiger charge is -2.08. The Labute approximate surface area is 117 Å². The third-order valence-electron chi connectivity index (χ3n) is 2.49. The molecule has 0 spiro atoms. The molecular weight excluding hydrogens is 316 g/mol. The first-order chi connectivity index (χ1) is 8.97. The van der Waals surface area contributed by atoms with Gasteiger partial charge in [0.1, 0.15) is 0 Å². The minimum Gasteiger partial charge on any atom is -0.377 e. The molecule has 100 valence electrons. The Balaban J connectivity index is 2.17. The Kier molecular flexibility index (Phi) is 3.79. The number of aryl methyl sites for hydroxylation is 2. The highest BCUT2D eigenvalue weighted by molar-refractivity contribution is 9.10. The zero-order chi connectivity index (χ0) is 14.0. The van der Waals surface area contributed by atoms with Gasteiger partial charge in [0, 0.05) is 28.7 Å². The van der Waals surface area contributed by atoms with Crippen LogP contribution in [0.3, 0.4) is 0 Å². The van der Waals surface area contributed by atoms with Crippen LogP contribution in [0.25, 0.3) is 0 Å². The molecule has 7 nitrogen and oxygen atoms in total. The first kappa shape index (κ1) is 13.5. The maximum atomic E-state index is 10.8. The summed E-state index contributed by atoms with van der Waals surface area (Å²) in [6.45, 7) is 3.78. The van der Waals surface area contributed by atoms with Crippen LogP contribution >= 0.6 is 15.9 Å². The fraction of sp³-hybridized carbons (Fsp3) is 0.273. The first-order valence-electron chi connectivity index (χ1n) is 5.45. The molecule has 0 radical (unpaired) electrons. The molecule has 1 heterocycles. The molecule has 2 aromatic rings. The minimum absolute atomic E-state index is 0.0767. The van der Waals surface area contributed by atoms with Crippen LogP contribution in [0.2, 0.25) is 0 Å². The predicted octanol–water partition coefficient (Wildman–Crippen LogP) is 2.97. The average Bonchev–Trinajstić information content (AvgIpc) is 2.75. The van der Waals surface area contributed by atoms with Gasteiger partial charge in [-0.15, -0.1) is 0 Å². The molecule has 2 rings (SSSR count). The van der Waals surface area contributed by atoms with Crippen LogP contribution in [-0.4, -0.2) is 15.1 Å². The third-order valence-corrected chi connectivity index (χ3v) is 3.14.